The van der Waals surface area contributed by atoms with Crippen molar-refractivity contribution in [2.45, 2.75) is 38.8 Å². The number of nitrogens with zero attached hydrogens (tertiary/aromatic N) is 3. The summed E-state index contributed by atoms with van der Waals surface area (Å²) in [5.41, 5.74) is 2.04. The molecule has 0 radical (unpaired) electrons. The molecule has 1 aliphatic rings. The van der Waals surface area contributed by atoms with Crippen LogP contribution in [0.15, 0.2) is 58.5 Å². The van der Waals surface area contributed by atoms with E-state index in [1.165, 1.54) is 17.3 Å². The first-order valence-corrected chi connectivity index (χ1v) is 14.7. The number of benzene rings is 2. The predicted octanol–water partition coefficient (Wildman–Crippen LogP) is 5.93. The van der Waals surface area contributed by atoms with Gasteiger partial charge in [0.15, 0.2) is 5.17 Å². The Morgan fingerprint density at radius 2 is 1.92 bits per heavy atom. The molecule has 1 heterocycles. The Labute approximate surface area is 234 Å². The summed E-state index contributed by atoms with van der Waals surface area (Å²) < 4.78 is 5.80. The summed E-state index contributed by atoms with van der Waals surface area (Å²) >= 11 is 14.0. The number of amidine groups is 1. The number of esters is 1. The molecule has 0 aromatic heterocycles. The molecule has 200 valence electrons. The molecule has 2 aromatic rings. The topological polar surface area (TPSA) is 66.3 Å². The van der Waals surface area contributed by atoms with Crippen LogP contribution in [0.2, 0.25) is 10.0 Å². The number of hydrogen-bond acceptors (Lipinski definition) is 7. The molecule has 3 rings (SSSR count). The molecule has 0 aliphatic carbocycles. The van der Waals surface area contributed by atoms with Crippen molar-refractivity contribution in [3.63, 3.8) is 0 Å². The largest absolute Gasteiger partial charge is 0.465 e. The van der Waals surface area contributed by atoms with Gasteiger partial charge in [-0.05, 0) is 55.4 Å². The average Bonchev–Trinajstić information content (AvgIpc) is 2.92. The van der Waals surface area contributed by atoms with E-state index in [1.807, 2.05) is 36.7 Å². The third-order valence-corrected chi connectivity index (χ3v) is 7.78. The van der Waals surface area contributed by atoms with E-state index in [2.05, 4.69) is 41.2 Å². The fourth-order valence-corrected chi connectivity index (χ4v) is 5.06. The summed E-state index contributed by atoms with van der Waals surface area (Å²) in [7, 11) is 0. The zero-order valence-corrected chi connectivity index (χ0v) is 24.0. The molecule has 0 bridgehead atoms. The number of rotatable bonds is 12. The van der Waals surface area contributed by atoms with E-state index in [4.69, 9.17) is 32.9 Å². The lowest BCUT2D eigenvalue weighted by Crippen LogP contribution is -2.50. The van der Waals surface area contributed by atoms with Crippen LogP contribution < -0.4 is 5.32 Å². The van der Waals surface area contributed by atoms with Gasteiger partial charge in [0.05, 0.1) is 35.3 Å². The van der Waals surface area contributed by atoms with Gasteiger partial charge in [0.1, 0.15) is 5.92 Å². The zero-order chi connectivity index (χ0) is 26.6. The smallest absolute Gasteiger partial charge is 0.313 e. The molecule has 6 nitrogen and oxygen atoms in total. The molecule has 3 atom stereocenters. The van der Waals surface area contributed by atoms with Gasteiger partial charge in [0.25, 0.3) is 0 Å². The van der Waals surface area contributed by atoms with Crippen LogP contribution in [-0.4, -0.2) is 67.3 Å². The summed E-state index contributed by atoms with van der Waals surface area (Å²) in [6.45, 7) is 8.10. The third-order valence-electron chi connectivity index (χ3n) is 6.43. The predicted molar refractivity (Wildman–Crippen MR) is 157 cm³/mol. The maximum absolute atomic E-state index is 13.5. The number of likely N-dealkylation sites (N-methyl/N-ethyl adjacent to an activating group) is 1. The SMILES string of the molecule is CCN(CC)CCN=CC1NC(SC)=NC(c2ccc(Cl)c(Cl)c2)C1C(=O)OCCCc1ccccc1. The van der Waals surface area contributed by atoms with E-state index in [0.29, 0.717) is 23.2 Å². The summed E-state index contributed by atoms with van der Waals surface area (Å²) in [5, 5.41) is 5.01. The lowest BCUT2D eigenvalue weighted by Gasteiger charge is -2.34. The maximum atomic E-state index is 13.5. The number of thioether (sulfide) groups is 1. The highest BCUT2D eigenvalue weighted by Gasteiger charge is 2.41. The fourth-order valence-electron chi connectivity index (χ4n) is 4.29. The summed E-state index contributed by atoms with van der Waals surface area (Å²) in [6, 6.07) is 14.7. The maximum Gasteiger partial charge on any atom is 0.313 e. The van der Waals surface area contributed by atoms with Crippen LogP contribution in [0.5, 0.6) is 0 Å². The molecule has 37 heavy (non-hydrogen) atoms. The Morgan fingerprint density at radius 3 is 2.59 bits per heavy atom. The highest BCUT2D eigenvalue weighted by molar-refractivity contribution is 8.13. The molecule has 0 spiro atoms. The van der Waals surface area contributed by atoms with Gasteiger partial charge in [-0.3, -0.25) is 14.8 Å². The van der Waals surface area contributed by atoms with E-state index in [-0.39, 0.29) is 12.0 Å². The first-order valence-electron chi connectivity index (χ1n) is 12.7. The zero-order valence-electron chi connectivity index (χ0n) is 21.7. The first kappa shape index (κ1) is 29.5. The molecule has 9 heteroatoms. The molecule has 0 saturated heterocycles. The standard InChI is InChI=1S/C28H36Cl2N4O2S/c1-4-34(5-2)16-15-31-19-24-25(27(35)36-17-9-12-20-10-7-6-8-11-20)26(33-28(32-24)37-3)21-13-14-22(29)23(30)18-21/h6-8,10-11,13-14,18-19,24-26H,4-5,9,12,15-17H2,1-3H3,(H,32,33). The van der Waals surface area contributed by atoms with Crippen molar-refractivity contribution >= 4 is 52.3 Å². The molecule has 0 fully saturated rings. The van der Waals surface area contributed by atoms with Crippen LogP contribution in [0.25, 0.3) is 0 Å². The van der Waals surface area contributed by atoms with Crippen molar-refractivity contribution in [3.8, 4) is 0 Å². The van der Waals surface area contributed by atoms with E-state index < -0.39 is 12.0 Å². The third kappa shape index (κ3) is 8.74. The van der Waals surface area contributed by atoms with E-state index in [1.54, 1.807) is 12.1 Å². The Balaban J connectivity index is 1.79. The lowest BCUT2D eigenvalue weighted by atomic mass is 9.86. The van der Waals surface area contributed by atoms with Gasteiger partial charge < -0.3 is 15.0 Å². The fraction of sp³-hybridized carbons (Fsp3) is 0.464. The van der Waals surface area contributed by atoms with Crippen molar-refractivity contribution in [1.82, 2.24) is 10.2 Å². The molecular formula is C28H36Cl2N4O2S. The molecular weight excluding hydrogens is 527 g/mol. The van der Waals surface area contributed by atoms with Gasteiger partial charge in [0.2, 0.25) is 0 Å². The van der Waals surface area contributed by atoms with Gasteiger partial charge >= 0.3 is 5.97 Å². The Hall–Kier alpha value is -2.06. The summed E-state index contributed by atoms with van der Waals surface area (Å²) in [4.78, 5) is 25.4. The van der Waals surface area contributed by atoms with E-state index >= 15 is 0 Å². The van der Waals surface area contributed by atoms with Crippen LogP contribution in [0.4, 0.5) is 0 Å². The van der Waals surface area contributed by atoms with Crippen LogP contribution in [-0.2, 0) is 16.0 Å². The molecule has 0 saturated carbocycles. The minimum Gasteiger partial charge on any atom is -0.465 e. The van der Waals surface area contributed by atoms with Gasteiger partial charge in [-0.1, -0.05) is 85.2 Å². The second kappa shape index (κ2) is 15.4. The monoisotopic (exact) mass is 562 g/mol. The summed E-state index contributed by atoms with van der Waals surface area (Å²) in [5.74, 6) is -0.900. The average molecular weight is 564 g/mol. The van der Waals surface area contributed by atoms with Crippen LogP contribution in [0.3, 0.4) is 0 Å². The molecule has 1 aliphatic heterocycles. The van der Waals surface area contributed by atoms with Crippen molar-refractivity contribution in [2.75, 3.05) is 39.0 Å². The van der Waals surface area contributed by atoms with Crippen LogP contribution >= 0.6 is 35.0 Å². The van der Waals surface area contributed by atoms with Gasteiger partial charge in [-0.15, -0.1) is 0 Å². The molecule has 1 N–H and O–H groups in total. The number of carbonyl (C=O) groups is 1. The number of aliphatic imine (C=N–C) groups is 2. The minimum absolute atomic E-state index is 0.305. The number of hydrogen-bond donors (Lipinski definition) is 1. The second-order valence-electron chi connectivity index (χ2n) is 8.79. The van der Waals surface area contributed by atoms with Gasteiger partial charge in [0, 0.05) is 12.8 Å². The van der Waals surface area contributed by atoms with Gasteiger partial charge in [-0.25, -0.2) is 0 Å². The lowest BCUT2D eigenvalue weighted by molar-refractivity contribution is -0.150. The van der Waals surface area contributed by atoms with Crippen molar-refractivity contribution in [2.24, 2.45) is 15.9 Å². The number of halogens is 2. The number of ether oxygens (including phenoxy) is 1. The van der Waals surface area contributed by atoms with Crippen LogP contribution in [0, 0.1) is 5.92 Å². The Morgan fingerprint density at radius 1 is 1.16 bits per heavy atom. The first-order chi connectivity index (χ1) is 18.0. The van der Waals surface area contributed by atoms with Crippen molar-refractivity contribution < 1.29 is 9.53 Å². The van der Waals surface area contributed by atoms with Gasteiger partial charge in [-0.2, -0.15) is 0 Å². The quantitative estimate of drug-likeness (QED) is 0.197. The van der Waals surface area contributed by atoms with Crippen LogP contribution in [0.1, 0.15) is 37.4 Å². The normalized spacial score (nSPS) is 19.6. The molecule has 3 unspecified atom stereocenters. The second-order valence-corrected chi connectivity index (χ2v) is 10.4. The molecule has 0 amide bonds. The summed E-state index contributed by atoms with van der Waals surface area (Å²) in [6.07, 6.45) is 5.39. The van der Waals surface area contributed by atoms with E-state index in [0.717, 1.165) is 43.2 Å². The van der Waals surface area contributed by atoms with Crippen molar-refractivity contribution in [1.29, 1.82) is 0 Å². The molecule has 2 aromatic carbocycles. The minimum atomic E-state index is -0.595. The Bertz CT molecular complexity index is 1060. The highest BCUT2D eigenvalue weighted by Crippen LogP contribution is 2.36. The Kier molecular flexibility index (Phi) is 12.3. The van der Waals surface area contributed by atoms with Crippen molar-refractivity contribution in [3.05, 3.63) is 69.7 Å². The number of nitrogens with one attached hydrogen (secondary N) is 1. The number of aryl methyl sites for hydroxylation is 1. The van der Waals surface area contributed by atoms with E-state index in [9.17, 15) is 4.79 Å². The highest BCUT2D eigenvalue weighted by atomic mass is 35.5. The number of carbonyl (C=O) groups excluding carboxylic acids is 1.